The van der Waals surface area contributed by atoms with Gasteiger partial charge in [0.2, 0.25) is 5.91 Å². The standard InChI is InChI=1S/C25H49N7O6/c1-4-29-9-11-30(17-18-33)12-14-32(21-24(35)36)16-15-31(13-10-29)20-23(34)26-8-19-38-28-25(37)27-7-5-6-22(2)3/h18,22H,4-17,19-21H2,1-3H3,(H,26,34)(H,35,36)(H2,27,28,37). The SMILES string of the molecule is CCN1CCN(CC=O)CCN(CC(=O)O)CCN(CC(=O)NCCONC(=O)NCCCC(C)C)CC1. The minimum atomic E-state index is -0.904. The van der Waals surface area contributed by atoms with Crippen molar-refractivity contribution in [2.45, 2.75) is 33.6 Å². The topological polar surface area (TPSA) is 147 Å². The second kappa shape index (κ2) is 20.6. The molecule has 0 unspecified atom stereocenters. The first-order valence-electron chi connectivity index (χ1n) is 13.7. The van der Waals surface area contributed by atoms with Crippen molar-refractivity contribution in [3.8, 4) is 0 Å². The molecule has 0 radical (unpaired) electrons. The van der Waals surface area contributed by atoms with Crippen LogP contribution in [0.25, 0.3) is 0 Å². The Balaban J connectivity index is 2.49. The Morgan fingerprint density at radius 3 is 2.00 bits per heavy atom. The summed E-state index contributed by atoms with van der Waals surface area (Å²) in [5.41, 5.74) is 2.31. The zero-order chi connectivity index (χ0) is 28.2. The first kappa shape index (κ1) is 33.7. The molecular weight excluding hydrogens is 494 g/mol. The maximum atomic E-state index is 12.6. The van der Waals surface area contributed by atoms with Crippen LogP contribution in [0.1, 0.15) is 33.6 Å². The number of hydrogen-bond donors (Lipinski definition) is 4. The van der Waals surface area contributed by atoms with Crippen LogP contribution in [0.2, 0.25) is 0 Å². The highest BCUT2D eigenvalue weighted by molar-refractivity contribution is 5.78. The number of carbonyl (C=O) groups is 4. The Bertz CT molecular complexity index is 697. The molecule has 0 aliphatic carbocycles. The number of nitrogens with one attached hydrogen (secondary N) is 3. The number of urea groups is 1. The van der Waals surface area contributed by atoms with Gasteiger partial charge in [-0.3, -0.25) is 29.1 Å². The van der Waals surface area contributed by atoms with E-state index >= 15 is 0 Å². The molecule has 0 aromatic rings. The fraction of sp³-hybridized carbons (Fsp3) is 0.840. The van der Waals surface area contributed by atoms with Gasteiger partial charge in [0.15, 0.2) is 0 Å². The molecule has 3 amide bonds. The normalized spacial score (nSPS) is 17.4. The number of carbonyl (C=O) groups excluding carboxylic acids is 3. The summed E-state index contributed by atoms with van der Waals surface area (Å²) < 4.78 is 0. The molecule has 0 aromatic carbocycles. The highest BCUT2D eigenvalue weighted by Crippen LogP contribution is 2.02. The van der Waals surface area contributed by atoms with E-state index in [0.29, 0.717) is 51.7 Å². The summed E-state index contributed by atoms with van der Waals surface area (Å²) in [6.45, 7) is 13.7. The van der Waals surface area contributed by atoms with Gasteiger partial charge in [-0.2, -0.15) is 0 Å². The van der Waals surface area contributed by atoms with E-state index in [1.165, 1.54) is 0 Å². The van der Waals surface area contributed by atoms with Gasteiger partial charge in [-0.05, 0) is 25.3 Å². The smallest absolute Gasteiger partial charge is 0.338 e. The third-order valence-electron chi connectivity index (χ3n) is 6.37. The summed E-state index contributed by atoms with van der Waals surface area (Å²) in [5.74, 6) is -0.474. The van der Waals surface area contributed by atoms with Gasteiger partial charge >= 0.3 is 12.0 Å². The molecule has 0 saturated carbocycles. The van der Waals surface area contributed by atoms with E-state index in [1.807, 2.05) is 14.7 Å². The average Bonchev–Trinajstić information content (AvgIpc) is 2.86. The molecule has 38 heavy (non-hydrogen) atoms. The van der Waals surface area contributed by atoms with Crippen molar-refractivity contribution in [2.75, 3.05) is 98.2 Å². The Hall–Kier alpha value is -2.32. The van der Waals surface area contributed by atoms with Crippen molar-refractivity contribution in [3.05, 3.63) is 0 Å². The molecule has 1 aliphatic rings. The number of carboxylic acid groups (broad SMARTS) is 1. The maximum absolute atomic E-state index is 12.6. The summed E-state index contributed by atoms with van der Waals surface area (Å²) in [6.07, 6.45) is 2.83. The van der Waals surface area contributed by atoms with Crippen LogP contribution in [0.15, 0.2) is 0 Å². The van der Waals surface area contributed by atoms with E-state index in [1.54, 1.807) is 0 Å². The van der Waals surface area contributed by atoms with Crippen molar-refractivity contribution in [3.63, 3.8) is 0 Å². The second-order valence-electron chi connectivity index (χ2n) is 9.94. The van der Waals surface area contributed by atoms with Crippen LogP contribution in [0.4, 0.5) is 4.79 Å². The molecule has 4 N–H and O–H groups in total. The van der Waals surface area contributed by atoms with Crippen LogP contribution in [0.3, 0.4) is 0 Å². The maximum Gasteiger partial charge on any atom is 0.338 e. The number of amides is 3. The summed E-state index contributed by atoms with van der Waals surface area (Å²) >= 11 is 0. The monoisotopic (exact) mass is 543 g/mol. The van der Waals surface area contributed by atoms with Crippen LogP contribution in [0, 0.1) is 5.92 Å². The quantitative estimate of drug-likeness (QED) is 0.119. The average molecular weight is 544 g/mol. The van der Waals surface area contributed by atoms with Gasteiger partial charge in [0, 0.05) is 65.4 Å². The van der Waals surface area contributed by atoms with Crippen LogP contribution in [-0.4, -0.2) is 147 Å². The number of carboxylic acids is 1. The van der Waals surface area contributed by atoms with Gasteiger partial charge in [0.05, 0.1) is 26.2 Å². The summed E-state index contributed by atoms with van der Waals surface area (Å²) in [6, 6.07) is -0.403. The number of aliphatic carboxylic acids is 1. The highest BCUT2D eigenvalue weighted by Gasteiger charge is 2.18. The number of rotatable bonds is 15. The van der Waals surface area contributed by atoms with Gasteiger partial charge in [0.25, 0.3) is 0 Å². The van der Waals surface area contributed by atoms with E-state index < -0.39 is 12.0 Å². The number of hydroxylamine groups is 1. The number of hydrogen-bond acceptors (Lipinski definition) is 9. The molecule has 1 fully saturated rings. The van der Waals surface area contributed by atoms with E-state index in [0.717, 1.165) is 45.3 Å². The number of nitrogens with zero attached hydrogens (tertiary/aromatic N) is 4. The summed E-state index contributed by atoms with van der Waals surface area (Å²) in [7, 11) is 0. The summed E-state index contributed by atoms with van der Waals surface area (Å²) in [4.78, 5) is 60.0. The first-order chi connectivity index (χ1) is 18.2. The highest BCUT2D eigenvalue weighted by atomic mass is 16.7. The van der Waals surface area contributed by atoms with Gasteiger partial charge in [0.1, 0.15) is 6.29 Å². The predicted molar refractivity (Wildman–Crippen MR) is 145 cm³/mol. The lowest BCUT2D eigenvalue weighted by molar-refractivity contribution is -0.138. The van der Waals surface area contributed by atoms with E-state index in [9.17, 15) is 24.3 Å². The van der Waals surface area contributed by atoms with Crippen molar-refractivity contribution >= 4 is 24.2 Å². The Morgan fingerprint density at radius 2 is 1.45 bits per heavy atom. The largest absolute Gasteiger partial charge is 0.480 e. The van der Waals surface area contributed by atoms with Crippen molar-refractivity contribution in [1.29, 1.82) is 0 Å². The second-order valence-corrected chi connectivity index (χ2v) is 9.94. The van der Waals surface area contributed by atoms with Crippen LogP contribution in [-0.2, 0) is 19.2 Å². The van der Waals surface area contributed by atoms with Crippen molar-refractivity contribution in [1.82, 2.24) is 35.7 Å². The lowest BCUT2D eigenvalue weighted by Gasteiger charge is -2.32. The van der Waals surface area contributed by atoms with Gasteiger partial charge in [-0.1, -0.05) is 20.8 Å². The van der Waals surface area contributed by atoms with Crippen LogP contribution < -0.4 is 16.1 Å². The van der Waals surface area contributed by atoms with E-state index in [4.69, 9.17) is 4.84 Å². The number of likely N-dealkylation sites (N-methyl/N-ethyl adjacent to an activating group) is 1. The molecule has 0 spiro atoms. The molecular formula is C25H49N7O6. The molecule has 1 saturated heterocycles. The van der Waals surface area contributed by atoms with E-state index in [2.05, 4.69) is 41.8 Å². The molecule has 0 aromatic heterocycles. The molecule has 13 nitrogen and oxygen atoms in total. The molecule has 13 heteroatoms. The van der Waals surface area contributed by atoms with Crippen molar-refractivity contribution < 1.29 is 29.1 Å². The van der Waals surface area contributed by atoms with Gasteiger partial charge in [-0.15, -0.1) is 0 Å². The van der Waals surface area contributed by atoms with Gasteiger partial charge in [-0.25, -0.2) is 10.3 Å². The fourth-order valence-electron chi connectivity index (χ4n) is 4.06. The molecule has 220 valence electrons. The number of aldehydes is 1. The third kappa shape index (κ3) is 17.2. The molecule has 1 aliphatic heterocycles. The van der Waals surface area contributed by atoms with Crippen LogP contribution >= 0.6 is 0 Å². The van der Waals surface area contributed by atoms with Gasteiger partial charge < -0.3 is 25.4 Å². The zero-order valence-corrected chi connectivity index (χ0v) is 23.5. The molecule has 0 bridgehead atoms. The lowest BCUT2D eigenvalue weighted by Crippen LogP contribution is -2.49. The minimum absolute atomic E-state index is 0.0916. The summed E-state index contributed by atoms with van der Waals surface area (Å²) in [5, 5.41) is 14.8. The third-order valence-corrected chi connectivity index (χ3v) is 6.37. The Kier molecular flexibility index (Phi) is 18.3. The first-order valence-corrected chi connectivity index (χ1v) is 13.7. The Morgan fingerprint density at radius 1 is 0.868 bits per heavy atom. The lowest BCUT2D eigenvalue weighted by atomic mass is 10.1. The van der Waals surface area contributed by atoms with Crippen LogP contribution in [0.5, 0.6) is 0 Å². The molecule has 1 rings (SSSR count). The zero-order valence-electron chi connectivity index (χ0n) is 23.5. The predicted octanol–water partition coefficient (Wildman–Crippen LogP) is -0.705. The van der Waals surface area contributed by atoms with E-state index in [-0.39, 0.29) is 32.1 Å². The molecule has 1 heterocycles. The Labute approximate surface area is 227 Å². The molecule has 0 atom stereocenters. The minimum Gasteiger partial charge on any atom is -0.480 e. The fourth-order valence-corrected chi connectivity index (χ4v) is 4.06. The van der Waals surface area contributed by atoms with Crippen molar-refractivity contribution in [2.24, 2.45) is 5.92 Å².